The lowest BCUT2D eigenvalue weighted by Gasteiger charge is -2.19. The summed E-state index contributed by atoms with van der Waals surface area (Å²) in [5.41, 5.74) is 1.16. The van der Waals surface area contributed by atoms with Crippen LogP contribution < -0.4 is 4.74 Å². The van der Waals surface area contributed by atoms with Crippen LogP contribution in [0.25, 0.3) is 0 Å². The molecule has 1 aromatic rings. The van der Waals surface area contributed by atoms with E-state index in [1.54, 1.807) is 0 Å². The Morgan fingerprint density at radius 1 is 1.25 bits per heavy atom. The fraction of sp³-hybridized carbons (Fsp3) is 0.429. The van der Waals surface area contributed by atoms with Crippen molar-refractivity contribution in [3.63, 3.8) is 0 Å². The van der Waals surface area contributed by atoms with Crippen molar-refractivity contribution in [3.05, 3.63) is 42.7 Å². The summed E-state index contributed by atoms with van der Waals surface area (Å²) in [6, 6.07) is 8.03. The Morgan fingerprint density at radius 2 is 1.94 bits per heavy atom. The van der Waals surface area contributed by atoms with E-state index in [4.69, 9.17) is 9.47 Å². The summed E-state index contributed by atoms with van der Waals surface area (Å²) in [6.45, 7) is 9.65. The summed E-state index contributed by atoms with van der Waals surface area (Å²) >= 11 is 0. The minimum absolute atomic E-state index is 0.135. The van der Waals surface area contributed by atoms with Crippen molar-refractivity contribution in [1.82, 2.24) is 0 Å². The minimum Gasteiger partial charge on any atom is -0.499 e. The molecule has 0 aliphatic rings. The molecule has 0 bridgehead atoms. The van der Waals surface area contributed by atoms with Crippen molar-refractivity contribution in [3.8, 4) is 5.75 Å². The van der Waals surface area contributed by atoms with Gasteiger partial charge in [-0.3, -0.25) is 0 Å². The molecule has 0 amide bonds. The number of hydrogen-bond donors (Lipinski definition) is 0. The molecule has 0 radical (unpaired) electrons. The molecule has 0 fully saturated rings. The zero-order chi connectivity index (χ0) is 12.0. The van der Waals surface area contributed by atoms with Gasteiger partial charge in [0.05, 0.1) is 18.5 Å². The third kappa shape index (κ3) is 3.97. The second kappa shape index (κ2) is 6.21. The molecule has 0 N–H and O–H groups in total. The van der Waals surface area contributed by atoms with Crippen molar-refractivity contribution in [2.75, 3.05) is 0 Å². The molecule has 0 saturated carbocycles. The molecule has 1 aromatic carbocycles. The highest BCUT2D eigenvalue weighted by Crippen LogP contribution is 2.19. The highest BCUT2D eigenvalue weighted by molar-refractivity contribution is 5.31. The van der Waals surface area contributed by atoms with Crippen molar-refractivity contribution in [2.24, 2.45) is 0 Å². The fourth-order valence-electron chi connectivity index (χ4n) is 1.64. The predicted molar refractivity (Wildman–Crippen MR) is 66.6 cm³/mol. The summed E-state index contributed by atoms with van der Waals surface area (Å²) in [4.78, 5) is 0. The largest absolute Gasteiger partial charge is 0.499 e. The van der Waals surface area contributed by atoms with Gasteiger partial charge in [-0.25, -0.2) is 0 Å². The Bertz CT molecular complexity index is 333. The Balaban J connectivity index is 2.48. The van der Waals surface area contributed by atoms with Gasteiger partial charge in [-0.15, -0.1) is 0 Å². The van der Waals surface area contributed by atoms with Crippen molar-refractivity contribution < 1.29 is 9.47 Å². The summed E-state index contributed by atoms with van der Waals surface area (Å²) in [6.07, 6.45) is 2.60. The van der Waals surface area contributed by atoms with Gasteiger partial charge in [0.2, 0.25) is 0 Å². The first-order chi connectivity index (χ1) is 7.63. The van der Waals surface area contributed by atoms with Crippen LogP contribution in [0.1, 0.15) is 25.8 Å². The van der Waals surface area contributed by atoms with Gasteiger partial charge < -0.3 is 9.47 Å². The Hall–Kier alpha value is -1.44. The Labute approximate surface area is 97.9 Å². The van der Waals surface area contributed by atoms with Crippen molar-refractivity contribution >= 4 is 0 Å². The highest BCUT2D eigenvalue weighted by Gasteiger charge is 2.10. The summed E-state index contributed by atoms with van der Waals surface area (Å²) < 4.78 is 11.1. The molecule has 0 heterocycles. The zero-order valence-corrected chi connectivity index (χ0v) is 10.3. The van der Waals surface area contributed by atoms with Gasteiger partial charge in [0, 0.05) is 6.42 Å². The number of rotatable bonds is 6. The highest BCUT2D eigenvalue weighted by atomic mass is 16.5. The molecule has 2 atom stereocenters. The lowest BCUT2D eigenvalue weighted by molar-refractivity contribution is 0.0993. The average molecular weight is 220 g/mol. The molecule has 0 spiro atoms. The minimum atomic E-state index is 0.135. The molecule has 1 rings (SSSR count). The van der Waals surface area contributed by atoms with Gasteiger partial charge in [0.25, 0.3) is 0 Å². The standard InChI is InChI=1S/C14H20O2/c1-5-15-12(3)10-13(4)16-14-9-7-6-8-11(14)2/h5-9,12-13H,1,10H2,2-4H3/t12-,13+/m1/s1. The lowest BCUT2D eigenvalue weighted by Crippen LogP contribution is -2.19. The summed E-state index contributed by atoms with van der Waals surface area (Å²) in [5.74, 6) is 0.945. The molecular formula is C14H20O2. The maximum absolute atomic E-state index is 5.85. The van der Waals surface area contributed by atoms with E-state index in [0.29, 0.717) is 0 Å². The van der Waals surface area contributed by atoms with E-state index in [1.807, 2.05) is 38.1 Å². The third-order valence-electron chi connectivity index (χ3n) is 2.41. The first kappa shape index (κ1) is 12.6. The van der Waals surface area contributed by atoms with Crippen LogP contribution in [0.15, 0.2) is 37.1 Å². The van der Waals surface area contributed by atoms with Crippen LogP contribution in [0.2, 0.25) is 0 Å². The molecule has 0 aromatic heterocycles. The molecule has 2 heteroatoms. The third-order valence-corrected chi connectivity index (χ3v) is 2.41. The van der Waals surface area contributed by atoms with Crippen molar-refractivity contribution in [2.45, 2.75) is 39.4 Å². The maximum atomic E-state index is 5.85. The van der Waals surface area contributed by atoms with E-state index in [2.05, 4.69) is 13.5 Å². The van der Waals surface area contributed by atoms with Gasteiger partial charge in [0.15, 0.2) is 0 Å². The first-order valence-electron chi connectivity index (χ1n) is 5.62. The van der Waals surface area contributed by atoms with Gasteiger partial charge in [0.1, 0.15) is 5.75 Å². The second-order valence-electron chi connectivity index (χ2n) is 4.04. The number of para-hydroxylation sites is 1. The maximum Gasteiger partial charge on any atom is 0.122 e. The molecule has 0 aliphatic carbocycles. The zero-order valence-electron chi connectivity index (χ0n) is 10.3. The van der Waals surface area contributed by atoms with Gasteiger partial charge >= 0.3 is 0 Å². The van der Waals surface area contributed by atoms with E-state index in [-0.39, 0.29) is 12.2 Å². The van der Waals surface area contributed by atoms with Gasteiger partial charge in [-0.2, -0.15) is 0 Å². The van der Waals surface area contributed by atoms with E-state index in [0.717, 1.165) is 17.7 Å². The van der Waals surface area contributed by atoms with Crippen molar-refractivity contribution in [1.29, 1.82) is 0 Å². The fourth-order valence-corrected chi connectivity index (χ4v) is 1.64. The number of ether oxygens (including phenoxy) is 2. The summed E-state index contributed by atoms with van der Waals surface area (Å²) in [5, 5.41) is 0. The lowest BCUT2D eigenvalue weighted by atomic mass is 10.2. The SMILES string of the molecule is C=CO[C@H](C)C[C@H](C)Oc1ccccc1C. The molecule has 16 heavy (non-hydrogen) atoms. The molecule has 0 aliphatic heterocycles. The van der Waals surface area contributed by atoms with E-state index in [9.17, 15) is 0 Å². The van der Waals surface area contributed by atoms with Crippen LogP contribution in [0.4, 0.5) is 0 Å². The Morgan fingerprint density at radius 3 is 2.56 bits per heavy atom. The monoisotopic (exact) mass is 220 g/mol. The van der Waals surface area contributed by atoms with Crippen LogP contribution in [0.5, 0.6) is 5.75 Å². The molecule has 2 nitrogen and oxygen atoms in total. The van der Waals surface area contributed by atoms with Crippen LogP contribution in [-0.4, -0.2) is 12.2 Å². The van der Waals surface area contributed by atoms with E-state index in [1.165, 1.54) is 6.26 Å². The average Bonchev–Trinajstić information content (AvgIpc) is 2.21. The molecule has 0 unspecified atom stereocenters. The van der Waals surface area contributed by atoms with Crippen LogP contribution >= 0.6 is 0 Å². The van der Waals surface area contributed by atoms with Crippen LogP contribution in [0.3, 0.4) is 0 Å². The molecule has 0 saturated heterocycles. The number of benzene rings is 1. The quantitative estimate of drug-likeness (QED) is 0.680. The number of hydrogen-bond acceptors (Lipinski definition) is 2. The predicted octanol–water partition coefficient (Wildman–Crippen LogP) is 3.70. The van der Waals surface area contributed by atoms with E-state index < -0.39 is 0 Å². The topological polar surface area (TPSA) is 18.5 Å². The molecule has 88 valence electrons. The smallest absolute Gasteiger partial charge is 0.122 e. The van der Waals surface area contributed by atoms with Gasteiger partial charge in [-0.05, 0) is 32.4 Å². The van der Waals surface area contributed by atoms with Crippen LogP contribution in [-0.2, 0) is 4.74 Å². The normalized spacial score (nSPS) is 13.9. The Kier molecular flexibility index (Phi) is 4.90. The number of aryl methyl sites for hydroxylation is 1. The second-order valence-corrected chi connectivity index (χ2v) is 4.04. The van der Waals surface area contributed by atoms with E-state index >= 15 is 0 Å². The molecular weight excluding hydrogens is 200 g/mol. The first-order valence-corrected chi connectivity index (χ1v) is 5.62. The summed E-state index contributed by atoms with van der Waals surface area (Å²) in [7, 11) is 0. The van der Waals surface area contributed by atoms with Gasteiger partial charge in [-0.1, -0.05) is 24.8 Å². The van der Waals surface area contributed by atoms with Crippen LogP contribution in [0, 0.1) is 6.92 Å².